The van der Waals surface area contributed by atoms with Gasteiger partial charge in [-0.2, -0.15) is 0 Å². The first-order valence-corrected chi connectivity index (χ1v) is 9.53. The Morgan fingerprint density at radius 1 is 1.04 bits per heavy atom. The van der Waals surface area contributed by atoms with Crippen LogP contribution in [0.2, 0.25) is 0 Å². The van der Waals surface area contributed by atoms with Gasteiger partial charge >= 0.3 is 12.0 Å². The van der Waals surface area contributed by atoms with Crippen molar-refractivity contribution in [2.24, 2.45) is 5.92 Å². The molecule has 0 atom stereocenters. The lowest BCUT2D eigenvalue weighted by molar-refractivity contribution is 0.0527. The van der Waals surface area contributed by atoms with Gasteiger partial charge in [0.05, 0.1) is 17.9 Å². The first kappa shape index (κ1) is 19.0. The maximum Gasteiger partial charge on any atom is 0.340 e. The van der Waals surface area contributed by atoms with E-state index in [1.807, 2.05) is 11.0 Å². The summed E-state index contributed by atoms with van der Waals surface area (Å²) in [6.07, 6.45) is 3.03. The van der Waals surface area contributed by atoms with Crippen LogP contribution in [0.25, 0.3) is 0 Å². The molecule has 1 saturated heterocycles. The highest BCUT2D eigenvalue weighted by molar-refractivity contribution is 6.00. The maximum atomic E-state index is 12.6. The fourth-order valence-corrected chi connectivity index (χ4v) is 3.46. The number of nitrogens with zero attached hydrogens (tertiary/aromatic N) is 1. The van der Waals surface area contributed by atoms with Crippen LogP contribution in [0.15, 0.2) is 54.6 Å². The molecule has 0 aromatic heterocycles. The van der Waals surface area contributed by atoms with Crippen LogP contribution < -0.4 is 5.32 Å². The number of anilines is 1. The van der Waals surface area contributed by atoms with Crippen molar-refractivity contribution in [2.75, 3.05) is 25.0 Å². The molecule has 0 aliphatic carbocycles. The summed E-state index contributed by atoms with van der Waals surface area (Å²) >= 11 is 0. The lowest BCUT2D eigenvalue weighted by Gasteiger charge is -2.32. The number of esters is 1. The molecule has 0 saturated carbocycles. The van der Waals surface area contributed by atoms with E-state index in [9.17, 15) is 9.59 Å². The molecule has 142 valence electrons. The van der Waals surface area contributed by atoms with Gasteiger partial charge in [-0.05, 0) is 49.8 Å². The van der Waals surface area contributed by atoms with Gasteiger partial charge in [-0.15, -0.1) is 0 Å². The zero-order chi connectivity index (χ0) is 19.1. The Morgan fingerprint density at radius 3 is 2.41 bits per heavy atom. The predicted octanol–water partition coefficient (Wildman–Crippen LogP) is 4.35. The lowest BCUT2D eigenvalue weighted by atomic mass is 9.90. The molecule has 2 amide bonds. The van der Waals surface area contributed by atoms with Crippen molar-refractivity contribution in [2.45, 2.75) is 26.2 Å². The van der Waals surface area contributed by atoms with Crippen LogP contribution in [0, 0.1) is 5.92 Å². The average molecular weight is 366 g/mol. The number of hydrogen-bond acceptors (Lipinski definition) is 3. The fraction of sp³-hybridized carbons (Fsp3) is 0.364. The largest absolute Gasteiger partial charge is 0.462 e. The van der Waals surface area contributed by atoms with E-state index in [4.69, 9.17) is 4.74 Å². The molecule has 5 nitrogen and oxygen atoms in total. The number of amides is 2. The molecule has 1 aliphatic rings. The number of nitrogens with one attached hydrogen (secondary N) is 1. The molecule has 0 unspecified atom stereocenters. The smallest absolute Gasteiger partial charge is 0.340 e. The highest BCUT2D eigenvalue weighted by Gasteiger charge is 2.24. The molecule has 1 heterocycles. The Bertz CT molecular complexity index is 768. The van der Waals surface area contributed by atoms with E-state index in [1.54, 1.807) is 31.2 Å². The second-order valence-electron chi connectivity index (χ2n) is 6.82. The Labute approximate surface area is 160 Å². The van der Waals surface area contributed by atoms with Crippen molar-refractivity contribution in [1.82, 2.24) is 4.90 Å². The van der Waals surface area contributed by atoms with Crippen molar-refractivity contribution in [1.29, 1.82) is 0 Å². The molecule has 1 aliphatic heterocycles. The number of urea groups is 1. The zero-order valence-electron chi connectivity index (χ0n) is 15.7. The number of piperidine rings is 1. The monoisotopic (exact) mass is 366 g/mol. The van der Waals surface area contributed by atoms with Gasteiger partial charge in [0.1, 0.15) is 0 Å². The number of carbonyl (C=O) groups excluding carboxylic acids is 2. The van der Waals surface area contributed by atoms with Crippen molar-refractivity contribution < 1.29 is 14.3 Å². The fourth-order valence-electron chi connectivity index (χ4n) is 3.46. The number of benzene rings is 2. The third-order valence-corrected chi connectivity index (χ3v) is 4.93. The first-order chi connectivity index (χ1) is 13.2. The number of hydrogen-bond donors (Lipinski definition) is 1. The van der Waals surface area contributed by atoms with Crippen LogP contribution in [-0.2, 0) is 11.2 Å². The second kappa shape index (κ2) is 9.21. The minimum absolute atomic E-state index is 0.162. The average Bonchev–Trinajstić information content (AvgIpc) is 2.70. The topological polar surface area (TPSA) is 58.6 Å². The van der Waals surface area contributed by atoms with Crippen molar-refractivity contribution >= 4 is 17.7 Å². The lowest BCUT2D eigenvalue weighted by Crippen LogP contribution is -2.41. The van der Waals surface area contributed by atoms with Gasteiger partial charge in [0, 0.05) is 13.1 Å². The normalized spacial score (nSPS) is 14.6. The van der Waals surface area contributed by atoms with E-state index in [-0.39, 0.29) is 6.03 Å². The van der Waals surface area contributed by atoms with E-state index < -0.39 is 5.97 Å². The summed E-state index contributed by atoms with van der Waals surface area (Å²) < 4.78 is 5.06. The van der Waals surface area contributed by atoms with Gasteiger partial charge in [-0.1, -0.05) is 42.5 Å². The summed E-state index contributed by atoms with van der Waals surface area (Å²) in [6, 6.07) is 17.3. The molecule has 1 N–H and O–H groups in total. The summed E-state index contributed by atoms with van der Waals surface area (Å²) in [5.74, 6) is 0.179. The number of para-hydroxylation sites is 1. The van der Waals surface area contributed by atoms with Crippen molar-refractivity contribution in [3.8, 4) is 0 Å². The molecule has 0 radical (unpaired) electrons. The van der Waals surface area contributed by atoms with Crippen molar-refractivity contribution in [3.05, 3.63) is 65.7 Å². The third-order valence-electron chi connectivity index (χ3n) is 4.93. The highest BCUT2D eigenvalue weighted by Crippen LogP contribution is 2.23. The van der Waals surface area contributed by atoms with Crippen molar-refractivity contribution in [3.63, 3.8) is 0 Å². The minimum Gasteiger partial charge on any atom is -0.462 e. The summed E-state index contributed by atoms with van der Waals surface area (Å²) in [5.41, 5.74) is 2.22. The van der Waals surface area contributed by atoms with E-state index in [2.05, 4.69) is 29.6 Å². The molecule has 2 aromatic rings. The van der Waals surface area contributed by atoms with Gasteiger partial charge in [0.15, 0.2) is 0 Å². The maximum absolute atomic E-state index is 12.6. The third kappa shape index (κ3) is 5.09. The van der Waals surface area contributed by atoms with E-state index >= 15 is 0 Å². The first-order valence-electron chi connectivity index (χ1n) is 9.53. The van der Waals surface area contributed by atoms with E-state index in [0.717, 1.165) is 32.4 Å². The quantitative estimate of drug-likeness (QED) is 0.801. The van der Waals surface area contributed by atoms with Gasteiger partial charge in [-0.25, -0.2) is 9.59 Å². The zero-order valence-corrected chi connectivity index (χ0v) is 15.7. The van der Waals surface area contributed by atoms with E-state index in [0.29, 0.717) is 23.8 Å². The summed E-state index contributed by atoms with van der Waals surface area (Å²) in [4.78, 5) is 26.5. The molecule has 0 bridgehead atoms. The molecule has 5 heteroatoms. The summed E-state index contributed by atoms with van der Waals surface area (Å²) in [5, 5.41) is 2.87. The molecule has 1 fully saturated rings. The Kier molecular flexibility index (Phi) is 6.47. The number of ether oxygens (including phenoxy) is 1. The number of carbonyl (C=O) groups is 2. The van der Waals surface area contributed by atoms with Gasteiger partial charge in [0.25, 0.3) is 0 Å². The summed E-state index contributed by atoms with van der Waals surface area (Å²) in [7, 11) is 0. The number of likely N-dealkylation sites (tertiary alicyclic amines) is 1. The Morgan fingerprint density at radius 2 is 1.70 bits per heavy atom. The van der Waals surface area contributed by atoms with Crippen LogP contribution >= 0.6 is 0 Å². The SMILES string of the molecule is CCOC(=O)c1ccccc1NC(=O)N1CCC(Cc2ccccc2)CC1. The standard InChI is InChI=1S/C22H26N2O3/c1-2-27-21(25)19-10-6-7-11-20(19)23-22(26)24-14-12-18(13-15-24)16-17-8-4-3-5-9-17/h3-11,18H,2,12-16H2,1H3,(H,23,26). The van der Waals surface area contributed by atoms with Crippen LogP contribution in [0.4, 0.5) is 10.5 Å². The van der Waals surface area contributed by atoms with Gasteiger partial charge in [0.2, 0.25) is 0 Å². The molecule has 0 spiro atoms. The second-order valence-corrected chi connectivity index (χ2v) is 6.82. The number of rotatable bonds is 5. The van der Waals surface area contributed by atoms with Crippen LogP contribution in [0.3, 0.4) is 0 Å². The molecule has 27 heavy (non-hydrogen) atoms. The van der Waals surface area contributed by atoms with Gasteiger partial charge in [-0.3, -0.25) is 0 Å². The summed E-state index contributed by atoms with van der Waals surface area (Å²) in [6.45, 7) is 3.52. The molecular weight excluding hydrogens is 340 g/mol. The Balaban J connectivity index is 1.55. The van der Waals surface area contributed by atoms with E-state index in [1.165, 1.54) is 5.56 Å². The molecule has 3 rings (SSSR count). The highest BCUT2D eigenvalue weighted by atomic mass is 16.5. The molecular formula is C22H26N2O3. The van der Waals surface area contributed by atoms with Gasteiger partial charge < -0.3 is 15.0 Å². The minimum atomic E-state index is -0.421. The predicted molar refractivity (Wildman–Crippen MR) is 106 cm³/mol. The van der Waals surface area contributed by atoms with Crippen LogP contribution in [0.1, 0.15) is 35.7 Å². The van der Waals surface area contributed by atoms with Crippen LogP contribution in [-0.4, -0.2) is 36.6 Å². The van der Waals surface area contributed by atoms with Crippen LogP contribution in [0.5, 0.6) is 0 Å². The molecule has 2 aromatic carbocycles. The Hall–Kier alpha value is -2.82.